The van der Waals surface area contributed by atoms with E-state index in [2.05, 4.69) is 31.3 Å². The summed E-state index contributed by atoms with van der Waals surface area (Å²) in [5, 5.41) is 3.86. The minimum atomic E-state index is -3.77. The quantitative estimate of drug-likeness (QED) is 0.593. The van der Waals surface area contributed by atoms with Crippen molar-refractivity contribution in [3.63, 3.8) is 0 Å². The predicted molar refractivity (Wildman–Crippen MR) is 109 cm³/mol. The van der Waals surface area contributed by atoms with Crippen LogP contribution in [0.15, 0.2) is 53.6 Å². The average Bonchev–Trinajstić information content (AvgIpc) is 2.58. The van der Waals surface area contributed by atoms with Gasteiger partial charge in [0.15, 0.2) is 0 Å². The molecule has 0 spiro atoms. The zero-order valence-corrected chi connectivity index (χ0v) is 17.1. The van der Waals surface area contributed by atoms with Gasteiger partial charge >= 0.3 is 0 Å². The summed E-state index contributed by atoms with van der Waals surface area (Å²) in [6.07, 6.45) is 2.42. The van der Waals surface area contributed by atoms with Crippen LogP contribution in [0.25, 0.3) is 0 Å². The maximum atomic E-state index is 13.4. The van der Waals surface area contributed by atoms with Crippen LogP contribution < -0.4 is 9.73 Å². The zero-order valence-electron chi connectivity index (χ0n) is 16.3. The highest BCUT2D eigenvalue weighted by atomic mass is 32.2. The Morgan fingerprint density at radius 2 is 1.82 bits per heavy atom. The third-order valence-corrected chi connectivity index (χ3v) is 5.10. The first-order valence-corrected chi connectivity index (χ1v) is 10.5. The number of amides is 1. The van der Waals surface area contributed by atoms with E-state index < -0.39 is 28.3 Å². The van der Waals surface area contributed by atoms with Gasteiger partial charge in [-0.05, 0) is 34.7 Å². The summed E-state index contributed by atoms with van der Waals surface area (Å²) >= 11 is 0. The second-order valence-corrected chi connectivity index (χ2v) is 9.32. The van der Waals surface area contributed by atoms with Crippen molar-refractivity contribution in [2.24, 2.45) is 5.10 Å². The molecule has 2 aromatic carbocycles. The molecular weight excluding hydrogens is 381 g/mol. The number of carbonyl (C=O) groups is 1. The summed E-state index contributed by atoms with van der Waals surface area (Å²) in [5.41, 5.74) is 4.36. The number of benzene rings is 2. The van der Waals surface area contributed by atoms with Crippen molar-refractivity contribution in [2.45, 2.75) is 26.2 Å². The van der Waals surface area contributed by atoms with E-state index >= 15 is 0 Å². The molecule has 1 N–H and O–H groups in total. The molecule has 0 radical (unpaired) electrons. The molecule has 0 heterocycles. The summed E-state index contributed by atoms with van der Waals surface area (Å²) in [6.45, 7) is 5.83. The summed E-state index contributed by atoms with van der Waals surface area (Å²) in [5.74, 6) is -1.24. The van der Waals surface area contributed by atoms with E-state index in [0.29, 0.717) is 0 Å². The van der Waals surface area contributed by atoms with Crippen molar-refractivity contribution in [2.75, 3.05) is 17.1 Å². The van der Waals surface area contributed by atoms with E-state index in [0.717, 1.165) is 22.2 Å². The van der Waals surface area contributed by atoms with Crippen LogP contribution in [0.2, 0.25) is 0 Å². The fourth-order valence-electron chi connectivity index (χ4n) is 2.45. The third-order valence-electron chi connectivity index (χ3n) is 3.96. The Labute approximate surface area is 165 Å². The van der Waals surface area contributed by atoms with Crippen LogP contribution >= 0.6 is 0 Å². The Morgan fingerprint density at radius 3 is 2.36 bits per heavy atom. The van der Waals surface area contributed by atoms with Gasteiger partial charge in [0.2, 0.25) is 10.0 Å². The largest absolute Gasteiger partial charge is 0.271 e. The fraction of sp³-hybridized carbons (Fsp3) is 0.300. The molecule has 1 amide bonds. The second-order valence-electron chi connectivity index (χ2n) is 7.41. The SMILES string of the molecule is CC(C)(C)c1ccc(C=NNC(=O)CN(c2cccc(F)c2)S(C)(=O)=O)cc1. The van der Waals surface area contributed by atoms with Crippen molar-refractivity contribution >= 4 is 27.8 Å². The number of nitrogens with one attached hydrogen (secondary N) is 1. The Morgan fingerprint density at radius 1 is 1.18 bits per heavy atom. The molecule has 150 valence electrons. The van der Waals surface area contributed by atoms with E-state index in [9.17, 15) is 17.6 Å². The van der Waals surface area contributed by atoms with Crippen molar-refractivity contribution in [1.29, 1.82) is 0 Å². The van der Waals surface area contributed by atoms with Gasteiger partial charge in [-0.25, -0.2) is 18.2 Å². The van der Waals surface area contributed by atoms with Crippen LogP contribution in [-0.2, 0) is 20.2 Å². The molecule has 8 heteroatoms. The van der Waals surface area contributed by atoms with Crippen molar-refractivity contribution in [3.8, 4) is 0 Å². The van der Waals surface area contributed by atoms with Crippen molar-refractivity contribution in [1.82, 2.24) is 5.43 Å². The highest BCUT2D eigenvalue weighted by Crippen LogP contribution is 2.22. The molecule has 0 saturated carbocycles. The molecule has 0 aliphatic rings. The van der Waals surface area contributed by atoms with Gasteiger partial charge in [0.05, 0.1) is 18.2 Å². The molecule has 0 fully saturated rings. The number of hydrazone groups is 1. The fourth-order valence-corrected chi connectivity index (χ4v) is 3.29. The van der Waals surface area contributed by atoms with Gasteiger partial charge in [-0.3, -0.25) is 9.10 Å². The Balaban J connectivity index is 2.04. The number of nitrogens with zero attached hydrogens (tertiary/aromatic N) is 2. The molecule has 0 atom stereocenters. The number of anilines is 1. The van der Waals surface area contributed by atoms with Gasteiger partial charge < -0.3 is 0 Å². The van der Waals surface area contributed by atoms with E-state index in [1.165, 1.54) is 30.0 Å². The maximum absolute atomic E-state index is 13.4. The number of sulfonamides is 1. The molecule has 0 bridgehead atoms. The van der Waals surface area contributed by atoms with Gasteiger partial charge in [0.1, 0.15) is 12.4 Å². The van der Waals surface area contributed by atoms with E-state index in [4.69, 9.17) is 0 Å². The Kier molecular flexibility index (Phi) is 6.56. The highest BCUT2D eigenvalue weighted by molar-refractivity contribution is 7.92. The van der Waals surface area contributed by atoms with E-state index in [-0.39, 0.29) is 11.1 Å². The topological polar surface area (TPSA) is 78.8 Å². The summed E-state index contributed by atoms with van der Waals surface area (Å²) in [6, 6.07) is 12.8. The molecule has 6 nitrogen and oxygen atoms in total. The molecule has 28 heavy (non-hydrogen) atoms. The number of hydrogen-bond donors (Lipinski definition) is 1. The normalized spacial score (nSPS) is 12.2. The van der Waals surface area contributed by atoms with Crippen LogP contribution in [0.3, 0.4) is 0 Å². The number of halogens is 1. The predicted octanol–water partition coefficient (Wildman–Crippen LogP) is 3.04. The van der Waals surface area contributed by atoms with Crippen molar-refractivity contribution in [3.05, 3.63) is 65.5 Å². The molecular formula is C20H24FN3O3S. The first-order valence-electron chi connectivity index (χ1n) is 8.62. The monoisotopic (exact) mass is 405 g/mol. The molecule has 0 aliphatic heterocycles. The minimum Gasteiger partial charge on any atom is -0.271 e. The standard InChI is InChI=1S/C20H24FN3O3S/c1-20(2,3)16-10-8-15(9-11-16)13-22-23-19(25)14-24(28(4,26)27)18-7-5-6-17(21)12-18/h5-13H,14H2,1-4H3,(H,23,25). The summed E-state index contributed by atoms with van der Waals surface area (Å²) in [7, 11) is -3.77. The van der Waals surface area contributed by atoms with E-state index in [1.54, 1.807) is 0 Å². The average molecular weight is 405 g/mol. The lowest BCUT2D eigenvalue weighted by Crippen LogP contribution is -2.39. The first kappa shape index (κ1) is 21.6. The van der Waals surface area contributed by atoms with Gasteiger partial charge in [-0.15, -0.1) is 0 Å². The van der Waals surface area contributed by atoms with Crippen LogP contribution in [0.1, 0.15) is 31.9 Å². The van der Waals surface area contributed by atoms with Crippen LogP contribution in [0.5, 0.6) is 0 Å². The summed E-state index contributed by atoms with van der Waals surface area (Å²) in [4.78, 5) is 12.1. The van der Waals surface area contributed by atoms with Crippen LogP contribution in [0, 0.1) is 5.82 Å². The lowest BCUT2D eigenvalue weighted by Gasteiger charge is -2.21. The Hall–Kier alpha value is -2.74. The lowest BCUT2D eigenvalue weighted by molar-refractivity contribution is -0.119. The number of carbonyl (C=O) groups excluding carboxylic acids is 1. The molecule has 0 saturated heterocycles. The van der Waals surface area contributed by atoms with Gasteiger partial charge in [-0.1, -0.05) is 51.1 Å². The van der Waals surface area contributed by atoms with Crippen molar-refractivity contribution < 1.29 is 17.6 Å². The zero-order chi connectivity index (χ0) is 20.9. The second kappa shape index (κ2) is 8.52. The van der Waals surface area contributed by atoms with Crippen LogP contribution in [-0.4, -0.2) is 33.3 Å². The summed E-state index contributed by atoms with van der Waals surface area (Å²) < 4.78 is 38.2. The third kappa shape index (κ3) is 6.16. The maximum Gasteiger partial charge on any atom is 0.260 e. The molecule has 2 rings (SSSR count). The van der Waals surface area contributed by atoms with Gasteiger partial charge in [-0.2, -0.15) is 5.10 Å². The number of hydrogen-bond acceptors (Lipinski definition) is 4. The lowest BCUT2D eigenvalue weighted by atomic mass is 9.87. The van der Waals surface area contributed by atoms with Gasteiger partial charge in [0, 0.05) is 0 Å². The Bertz CT molecular complexity index is 965. The molecule has 2 aromatic rings. The highest BCUT2D eigenvalue weighted by Gasteiger charge is 2.21. The minimum absolute atomic E-state index is 0.0376. The van der Waals surface area contributed by atoms with E-state index in [1.807, 2.05) is 24.3 Å². The molecule has 0 aromatic heterocycles. The number of rotatable bonds is 6. The van der Waals surface area contributed by atoms with Gasteiger partial charge in [0.25, 0.3) is 5.91 Å². The van der Waals surface area contributed by atoms with Crippen LogP contribution in [0.4, 0.5) is 10.1 Å². The first-order chi connectivity index (χ1) is 13.0. The smallest absolute Gasteiger partial charge is 0.260 e. The molecule has 0 unspecified atom stereocenters. The molecule has 0 aliphatic carbocycles.